The molecule has 7 nitrogen and oxygen atoms in total. The van der Waals surface area contributed by atoms with Crippen LogP contribution in [0.1, 0.15) is 42.1 Å². The molecular weight excluding hydrogens is 471 g/mol. The molecule has 2 aliphatic heterocycles. The van der Waals surface area contributed by atoms with Crippen molar-refractivity contribution in [1.82, 2.24) is 14.8 Å². The van der Waals surface area contributed by atoms with Crippen LogP contribution in [0.25, 0.3) is 0 Å². The van der Waals surface area contributed by atoms with Crippen LogP contribution in [0.2, 0.25) is 10.0 Å². The van der Waals surface area contributed by atoms with Crippen LogP contribution in [0.5, 0.6) is 0 Å². The van der Waals surface area contributed by atoms with E-state index in [0.29, 0.717) is 27.7 Å². The number of hydrogen-bond donors (Lipinski definition) is 2. The lowest BCUT2D eigenvalue weighted by molar-refractivity contribution is 0.0609. The molecule has 1 aromatic carbocycles. The fraction of sp³-hybridized carbons (Fsp3) is 0.520. The molecule has 4 rings (SSSR count). The highest BCUT2D eigenvalue weighted by atomic mass is 35.5. The van der Waals surface area contributed by atoms with Gasteiger partial charge in [0.05, 0.1) is 16.9 Å². The normalized spacial score (nSPS) is 20.5. The minimum absolute atomic E-state index is 0.425. The van der Waals surface area contributed by atoms with Gasteiger partial charge in [0.25, 0.3) is 0 Å². The third-order valence-electron chi connectivity index (χ3n) is 7.17. The number of likely N-dealkylation sites (tertiary alicyclic amines) is 1. The van der Waals surface area contributed by atoms with Crippen molar-refractivity contribution in [3.63, 3.8) is 0 Å². The van der Waals surface area contributed by atoms with Crippen molar-refractivity contribution in [3.05, 3.63) is 51.6 Å². The zero-order valence-electron chi connectivity index (χ0n) is 19.9. The average Bonchev–Trinajstić information content (AvgIpc) is 2.85. The van der Waals surface area contributed by atoms with Crippen LogP contribution in [0.15, 0.2) is 30.5 Å². The molecule has 34 heavy (non-hydrogen) atoms. The van der Waals surface area contributed by atoms with Gasteiger partial charge in [-0.15, -0.1) is 0 Å². The third-order valence-corrected chi connectivity index (χ3v) is 7.68. The summed E-state index contributed by atoms with van der Waals surface area (Å²) in [5, 5.41) is 4.32. The average molecular weight is 505 g/mol. The Balaban J connectivity index is 1.35. The second kappa shape index (κ2) is 11.1. The first-order valence-corrected chi connectivity index (χ1v) is 12.8. The van der Waals surface area contributed by atoms with Crippen molar-refractivity contribution >= 4 is 40.6 Å². The minimum atomic E-state index is -0.425. The Labute approximate surface area is 212 Å². The van der Waals surface area contributed by atoms with Gasteiger partial charge in [-0.2, -0.15) is 0 Å². The number of pyridine rings is 1. The predicted molar refractivity (Wildman–Crippen MR) is 140 cm³/mol. The number of nitrogens with zero attached hydrogens (tertiary/aromatic N) is 4. The molecule has 9 heteroatoms. The molecule has 3 heterocycles. The molecule has 184 valence electrons. The van der Waals surface area contributed by atoms with Gasteiger partial charge in [0.2, 0.25) is 5.91 Å². The molecule has 1 atom stereocenters. The maximum Gasteiger partial charge on any atom is 0.249 e. The molecule has 3 N–H and O–H groups in total. The van der Waals surface area contributed by atoms with E-state index in [-0.39, 0.29) is 0 Å². The van der Waals surface area contributed by atoms with E-state index in [1.807, 2.05) is 31.4 Å². The van der Waals surface area contributed by atoms with Crippen molar-refractivity contribution < 1.29 is 4.79 Å². The monoisotopic (exact) mass is 504 g/mol. The highest BCUT2D eigenvalue weighted by molar-refractivity contribution is 6.33. The zero-order chi connectivity index (χ0) is 24.2. The lowest BCUT2D eigenvalue weighted by Gasteiger charge is -2.47. The first-order chi connectivity index (χ1) is 16.4. The topological polar surface area (TPSA) is 77.7 Å². The summed E-state index contributed by atoms with van der Waals surface area (Å²) in [4.78, 5) is 23.9. The summed E-state index contributed by atoms with van der Waals surface area (Å²) in [6, 6.07) is 8.41. The van der Waals surface area contributed by atoms with E-state index >= 15 is 0 Å². The maximum absolute atomic E-state index is 11.8. The number of halogens is 2. The van der Waals surface area contributed by atoms with Gasteiger partial charge in [0, 0.05) is 55.9 Å². The van der Waals surface area contributed by atoms with Crippen molar-refractivity contribution in [2.24, 2.45) is 5.73 Å². The van der Waals surface area contributed by atoms with Gasteiger partial charge < -0.3 is 16.0 Å². The first kappa shape index (κ1) is 25.0. The molecule has 0 bridgehead atoms. The van der Waals surface area contributed by atoms with Gasteiger partial charge in [0.15, 0.2) is 0 Å². The molecule has 0 radical (unpaired) electrons. The molecule has 2 aromatic rings. The summed E-state index contributed by atoms with van der Waals surface area (Å²) in [6.45, 7) is 7.87. The number of benzene rings is 1. The number of anilines is 2. The van der Waals surface area contributed by atoms with Crippen LogP contribution in [-0.4, -0.2) is 72.5 Å². The second-order valence-corrected chi connectivity index (χ2v) is 10.0. The van der Waals surface area contributed by atoms with Crippen molar-refractivity contribution in [2.75, 3.05) is 50.0 Å². The Morgan fingerprint density at radius 1 is 1.18 bits per heavy atom. The quantitative estimate of drug-likeness (QED) is 0.590. The van der Waals surface area contributed by atoms with E-state index < -0.39 is 5.91 Å². The van der Waals surface area contributed by atoms with E-state index in [0.717, 1.165) is 75.6 Å². The standard InChI is InChI=1S/C25H34Cl2N6O/c1-3-20-16-32(25-23(27)13-19(29-2)14-30-25)10-11-33(20)21-6-8-31(9-7-21)15-17-4-5-18(26)12-22(17)24(28)34/h4-5,12-14,20-21,29H,3,6-11,15-16H2,1-2H3,(H2,28,34). The number of carbonyl (C=O) groups is 1. The van der Waals surface area contributed by atoms with Gasteiger partial charge in [-0.3, -0.25) is 14.6 Å². The molecule has 0 aliphatic carbocycles. The van der Waals surface area contributed by atoms with E-state index in [1.165, 1.54) is 0 Å². The van der Waals surface area contributed by atoms with Gasteiger partial charge >= 0.3 is 0 Å². The number of carbonyl (C=O) groups excluding carboxylic acids is 1. The second-order valence-electron chi connectivity index (χ2n) is 9.20. The summed E-state index contributed by atoms with van der Waals surface area (Å²) in [5.74, 6) is 0.452. The predicted octanol–water partition coefficient (Wildman–Crippen LogP) is 4.09. The lowest BCUT2D eigenvalue weighted by atomic mass is 9.97. The Kier molecular flexibility index (Phi) is 8.19. The Morgan fingerprint density at radius 3 is 2.59 bits per heavy atom. The van der Waals surface area contributed by atoms with Gasteiger partial charge in [-0.05, 0) is 56.1 Å². The van der Waals surface area contributed by atoms with Crippen LogP contribution < -0.4 is 16.0 Å². The number of piperidine rings is 1. The molecule has 2 saturated heterocycles. The highest BCUT2D eigenvalue weighted by Gasteiger charge is 2.34. The van der Waals surface area contributed by atoms with Gasteiger partial charge in [-0.25, -0.2) is 4.98 Å². The summed E-state index contributed by atoms with van der Waals surface area (Å²) >= 11 is 12.6. The van der Waals surface area contributed by atoms with Crippen molar-refractivity contribution in [2.45, 2.75) is 44.8 Å². The molecule has 0 spiro atoms. The molecule has 1 aromatic heterocycles. The number of aromatic nitrogens is 1. The Hall–Kier alpha value is -2.06. The van der Waals surface area contributed by atoms with E-state index in [9.17, 15) is 4.79 Å². The Bertz CT molecular complexity index is 1010. The molecular formula is C25H34Cl2N6O. The summed E-state index contributed by atoms with van der Waals surface area (Å²) in [7, 11) is 1.87. The van der Waals surface area contributed by atoms with Crippen LogP contribution in [0.3, 0.4) is 0 Å². The molecule has 1 unspecified atom stereocenters. The summed E-state index contributed by atoms with van der Waals surface area (Å²) < 4.78 is 0. The number of nitrogens with one attached hydrogen (secondary N) is 1. The fourth-order valence-corrected chi connectivity index (χ4v) is 5.73. The number of rotatable bonds is 7. The molecule has 2 fully saturated rings. The van der Waals surface area contributed by atoms with E-state index in [1.54, 1.807) is 6.07 Å². The van der Waals surface area contributed by atoms with E-state index in [4.69, 9.17) is 28.9 Å². The molecule has 2 aliphatic rings. The van der Waals surface area contributed by atoms with Crippen LogP contribution in [0.4, 0.5) is 11.5 Å². The maximum atomic E-state index is 11.8. The van der Waals surface area contributed by atoms with E-state index in [2.05, 4.69) is 31.9 Å². The smallest absolute Gasteiger partial charge is 0.249 e. The minimum Gasteiger partial charge on any atom is -0.387 e. The summed E-state index contributed by atoms with van der Waals surface area (Å²) in [6.07, 6.45) is 5.17. The number of amides is 1. The molecule has 1 amide bonds. The fourth-order valence-electron chi connectivity index (χ4n) is 5.27. The third kappa shape index (κ3) is 5.60. The highest BCUT2D eigenvalue weighted by Crippen LogP contribution is 2.30. The molecule has 0 saturated carbocycles. The lowest BCUT2D eigenvalue weighted by Crippen LogP contribution is -2.58. The largest absolute Gasteiger partial charge is 0.387 e. The van der Waals surface area contributed by atoms with Crippen LogP contribution >= 0.6 is 23.2 Å². The van der Waals surface area contributed by atoms with Gasteiger partial charge in [-0.1, -0.05) is 36.2 Å². The van der Waals surface area contributed by atoms with Crippen molar-refractivity contribution in [3.8, 4) is 0 Å². The number of piperazine rings is 1. The van der Waals surface area contributed by atoms with Crippen LogP contribution in [-0.2, 0) is 6.54 Å². The van der Waals surface area contributed by atoms with Crippen molar-refractivity contribution in [1.29, 1.82) is 0 Å². The SMILES string of the molecule is CCC1CN(c2ncc(NC)cc2Cl)CCN1C1CCN(Cc2ccc(Cl)cc2C(N)=O)CC1. The van der Waals surface area contributed by atoms with Crippen LogP contribution in [0, 0.1) is 0 Å². The van der Waals surface area contributed by atoms with Gasteiger partial charge in [0.1, 0.15) is 5.82 Å². The number of nitrogens with two attached hydrogens (primary N) is 1. The zero-order valence-corrected chi connectivity index (χ0v) is 21.4. The first-order valence-electron chi connectivity index (χ1n) is 12.0. The summed E-state index contributed by atoms with van der Waals surface area (Å²) in [5.41, 5.74) is 7.97. The Morgan fingerprint density at radius 2 is 1.94 bits per heavy atom. The number of primary amides is 1. The number of hydrogen-bond acceptors (Lipinski definition) is 6.